The van der Waals surface area contributed by atoms with Gasteiger partial charge in [-0.05, 0) is 49.9 Å². The number of carbonyl (C=O) groups is 1. The maximum atomic E-state index is 11.6. The van der Waals surface area contributed by atoms with Gasteiger partial charge in [0.1, 0.15) is 0 Å². The lowest BCUT2D eigenvalue weighted by molar-refractivity contribution is 0.101. The maximum Gasteiger partial charge on any atom is 0.178 e. The largest absolute Gasteiger partial charge is 0.293 e. The monoisotopic (exact) mass is 210 g/mol. The number of halogens is 1. The summed E-state index contributed by atoms with van der Waals surface area (Å²) in [5.74, 6) is 0.0818. The van der Waals surface area contributed by atoms with Crippen LogP contribution in [0.15, 0.2) is 6.07 Å². The second kappa shape index (κ2) is 4.14. The lowest BCUT2D eigenvalue weighted by atomic mass is 9.92. The van der Waals surface area contributed by atoms with Crippen molar-refractivity contribution in [2.45, 2.75) is 27.7 Å². The van der Waals surface area contributed by atoms with Crippen LogP contribution in [0, 0.1) is 27.7 Å². The first-order chi connectivity index (χ1) is 6.49. The molecule has 0 saturated heterocycles. The molecule has 0 radical (unpaired) electrons. The lowest BCUT2D eigenvalue weighted by Crippen LogP contribution is -2.08. The average molecular weight is 211 g/mol. The smallest absolute Gasteiger partial charge is 0.178 e. The number of Topliss-reactive ketones (excluding diaryl/α,β-unsaturated/α-hetero) is 1. The van der Waals surface area contributed by atoms with Crippen molar-refractivity contribution in [3.05, 3.63) is 33.9 Å². The van der Waals surface area contributed by atoms with Gasteiger partial charge >= 0.3 is 0 Å². The topological polar surface area (TPSA) is 17.1 Å². The molecule has 1 aromatic rings. The third-order valence-electron chi connectivity index (χ3n) is 2.77. The molecule has 2 heteroatoms. The van der Waals surface area contributed by atoms with Gasteiger partial charge in [-0.3, -0.25) is 4.79 Å². The molecule has 1 rings (SSSR count). The van der Waals surface area contributed by atoms with Crippen LogP contribution in [-0.2, 0) is 0 Å². The van der Waals surface area contributed by atoms with Crippen LogP contribution in [0.2, 0.25) is 0 Å². The van der Waals surface area contributed by atoms with Crippen molar-refractivity contribution in [1.29, 1.82) is 0 Å². The first-order valence-corrected chi connectivity index (χ1v) is 5.19. The van der Waals surface area contributed by atoms with Crippen LogP contribution >= 0.6 is 11.6 Å². The second-order valence-electron chi connectivity index (χ2n) is 3.69. The molecule has 0 aliphatic rings. The highest BCUT2D eigenvalue weighted by molar-refractivity contribution is 6.30. The molecule has 1 aromatic carbocycles. The van der Waals surface area contributed by atoms with Gasteiger partial charge in [-0.2, -0.15) is 0 Å². The van der Waals surface area contributed by atoms with Crippen molar-refractivity contribution < 1.29 is 4.79 Å². The molecule has 0 heterocycles. The molecule has 0 fully saturated rings. The quantitative estimate of drug-likeness (QED) is 0.541. The van der Waals surface area contributed by atoms with E-state index in [-0.39, 0.29) is 11.7 Å². The Bertz CT molecular complexity index is 354. The van der Waals surface area contributed by atoms with Gasteiger partial charge in [-0.1, -0.05) is 6.07 Å². The predicted molar refractivity (Wildman–Crippen MR) is 60.4 cm³/mol. The lowest BCUT2D eigenvalue weighted by Gasteiger charge is -2.12. The van der Waals surface area contributed by atoms with Crippen LogP contribution in [0.4, 0.5) is 0 Å². The Labute approximate surface area is 90.1 Å². The van der Waals surface area contributed by atoms with E-state index in [2.05, 4.69) is 6.07 Å². The van der Waals surface area contributed by atoms with Gasteiger partial charge in [0.2, 0.25) is 0 Å². The molecule has 0 aromatic heterocycles. The van der Waals surface area contributed by atoms with E-state index in [9.17, 15) is 4.79 Å². The molecule has 14 heavy (non-hydrogen) atoms. The van der Waals surface area contributed by atoms with Gasteiger partial charge < -0.3 is 0 Å². The highest BCUT2D eigenvalue weighted by atomic mass is 35.5. The SMILES string of the molecule is Cc1cc(C)c(C)c(C(=O)CCl)c1C. The number of ketones is 1. The summed E-state index contributed by atoms with van der Waals surface area (Å²) in [5, 5.41) is 0. The molecule has 0 atom stereocenters. The molecule has 0 saturated carbocycles. The molecule has 1 nitrogen and oxygen atoms in total. The fourth-order valence-corrected chi connectivity index (χ4v) is 1.84. The predicted octanol–water partition coefficient (Wildman–Crippen LogP) is 3.34. The van der Waals surface area contributed by atoms with Crippen molar-refractivity contribution in [3.8, 4) is 0 Å². The van der Waals surface area contributed by atoms with Crippen molar-refractivity contribution in [1.82, 2.24) is 0 Å². The normalized spacial score (nSPS) is 10.4. The van der Waals surface area contributed by atoms with E-state index in [0.717, 1.165) is 27.8 Å². The Kier molecular flexibility index (Phi) is 3.33. The summed E-state index contributed by atoms with van der Waals surface area (Å²) in [5.41, 5.74) is 5.22. The van der Waals surface area contributed by atoms with E-state index >= 15 is 0 Å². The van der Waals surface area contributed by atoms with Crippen molar-refractivity contribution in [2.75, 3.05) is 5.88 Å². The molecule has 76 valence electrons. The minimum atomic E-state index is 0.0217. The maximum absolute atomic E-state index is 11.6. The Hall–Kier alpha value is -0.820. The summed E-state index contributed by atoms with van der Waals surface area (Å²) in [7, 11) is 0. The number of alkyl halides is 1. The third kappa shape index (κ3) is 1.83. The fourth-order valence-electron chi connectivity index (χ4n) is 1.70. The van der Waals surface area contributed by atoms with Crippen LogP contribution in [0.3, 0.4) is 0 Å². The van der Waals surface area contributed by atoms with E-state index in [1.165, 1.54) is 0 Å². The highest BCUT2D eigenvalue weighted by Crippen LogP contribution is 2.22. The third-order valence-corrected chi connectivity index (χ3v) is 3.01. The first-order valence-electron chi connectivity index (χ1n) is 4.65. The van der Waals surface area contributed by atoms with Gasteiger partial charge in [0.15, 0.2) is 5.78 Å². The zero-order valence-corrected chi connectivity index (χ0v) is 9.83. The number of hydrogen-bond donors (Lipinski definition) is 0. The van der Waals surface area contributed by atoms with E-state index < -0.39 is 0 Å². The second-order valence-corrected chi connectivity index (χ2v) is 3.96. The molecule has 0 amide bonds. The van der Waals surface area contributed by atoms with Gasteiger partial charge in [0, 0.05) is 5.56 Å². The summed E-state index contributed by atoms with van der Waals surface area (Å²) in [6.07, 6.45) is 0. The molecule has 0 bridgehead atoms. The minimum absolute atomic E-state index is 0.0217. The average Bonchev–Trinajstić information content (AvgIpc) is 2.15. The Morgan fingerprint density at radius 1 is 1.14 bits per heavy atom. The Balaban J connectivity index is 3.47. The van der Waals surface area contributed by atoms with Crippen molar-refractivity contribution >= 4 is 17.4 Å². The number of carbonyl (C=O) groups excluding carboxylic acids is 1. The van der Waals surface area contributed by atoms with E-state index in [1.54, 1.807) is 0 Å². The summed E-state index contributed by atoms with van der Waals surface area (Å²) >= 11 is 5.59. The van der Waals surface area contributed by atoms with Crippen LogP contribution in [0.25, 0.3) is 0 Å². The molecule has 0 spiro atoms. The van der Waals surface area contributed by atoms with Crippen molar-refractivity contribution in [2.24, 2.45) is 0 Å². The van der Waals surface area contributed by atoms with E-state index in [1.807, 2.05) is 27.7 Å². The number of rotatable bonds is 2. The zero-order valence-electron chi connectivity index (χ0n) is 9.07. The molecule has 0 aliphatic carbocycles. The van der Waals surface area contributed by atoms with Gasteiger partial charge in [-0.15, -0.1) is 11.6 Å². The molecule has 0 aliphatic heterocycles. The summed E-state index contributed by atoms with van der Waals surface area (Å²) in [6, 6.07) is 2.11. The van der Waals surface area contributed by atoms with Gasteiger partial charge in [0.05, 0.1) is 5.88 Å². The molecular formula is C12H15ClO. The Morgan fingerprint density at radius 3 is 1.93 bits per heavy atom. The van der Waals surface area contributed by atoms with Gasteiger partial charge in [0.25, 0.3) is 0 Å². The van der Waals surface area contributed by atoms with Crippen LogP contribution in [0.1, 0.15) is 32.6 Å². The van der Waals surface area contributed by atoms with E-state index in [4.69, 9.17) is 11.6 Å². The standard InChI is InChI=1S/C12H15ClO/c1-7-5-8(2)10(4)12(9(7)3)11(14)6-13/h5H,6H2,1-4H3. The molecular weight excluding hydrogens is 196 g/mol. The summed E-state index contributed by atoms with van der Waals surface area (Å²) < 4.78 is 0. The van der Waals surface area contributed by atoms with E-state index in [0.29, 0.717) is 0 Å². The highest BCUT2D eigenvalue weighted by Gasteiger charge is 2.14. The van der Waals surface area contributed by atoms with Crippen LogP contribution < -0.4 is 0 Å². The summed E-state index contributed by atoms with van der Waals surface area (Å²) in [4.78, 5) is 11.6. The minimum Gasteiger partial charge on any atom is -0.293 e. The number of hydrogen-bond acceptors (Lipinski definition) is 1. The van der Waals surface area contributed by atoms with Gasteiger partial charge in [-0.25, -0.2) is 0 Å². The molecule has 0 unspecified atom stereocenters. The van der Waals surface area contributed by atoms with Crippen molar-refractivity contribution in [3.63, 3.8) is 0 Å². The summed E-state index contributed by atoms with van der Waals surface area (Å²) in [6.45, 7) is 7.99. The molecule has 0 N–H and O–H groups in total. The van der Waals surface area contributed by atoms with Crippen LogP contribution in [0.5, 0.6) is 0 Å². The Morgan fingerprint density at radius 2 is 1.57 bits per heavy atom. The number of benzene rings is 1. The fraction of sp³-hybridized carbons (Fsp3) is 0.417. The number of aryl methyl sites for hydroxylation is 2. The van der Waals surface area contributed by atoms with Crippen LogP contribution in [-0.4, -0.2) is 11.7 Å². The zero-order chi connectivity index (χ0) is 10.9. The first kappa shape index (κ1) is 11.3.